The number of pyridine rings is 1. The smallest absolute Gasteiger partial charge is 0.260 e. The van der Waals surface area contributed by atoms with Gasteiger partial charge in [0.15, 0.2) is 5.76 Å². The molecule has 0 fully saturated rings. The number of hydrogen-bond donors (Lipinski definition) is 1. The van der Waals surface area contributed by atoms with Gasteiger partial charge < -0.3 is 9.73 Å². The van der Waals surface area contributed by atoms with Crippen LogP contribution < -0.4 is 5.32 Å². The summed E-state index contributed by atoms with van der Waals surface area (Å²) in [5.41, 5.74) is 1.75. The average molecular weight is 344 g/mol. The van der Waals surface area contributed by atoms with E-state index >= 15 is 0 Å². The van der Waals surface area contributed by atoms with E-state index in [2.05, 4.69) is 15.4 Å². The summed E-state index contributed by atoms with van der Waals surface area (Å²) in [6, 6.07) is 18.6. The minimum Gasteiger partial charge on any atom is -0.460 e. The molecule has 0 aliphatic heterocycles. The number of anilines is 1. The average Bonchev–Trinajstić information content (AvgIpc) is 3.30. The van der Waals surface area contributed by atoms with E-state index in [0.29, 0.717) is 22.8 Å². The molecule has 1 amide bonds. The van der Waals surface area contributed by atoms with Crippen molar-refractivity contribution in [2.45, 2.75) is 6.92 Å². The topological polar surface area (TPSA) is 73.0 Å². The van der Waals surface area contributed by atoms with Crippen LogP contribution in [0.25, 0.3) is 17.1 Å². The van der Waals surface area contributed by atoms with E-state index in [9.17, 15) is 4.79 Å². The number of aryl methyl sites for hydroxylation is 1. The maximum absolute atomic E-state index is 12.8. The molecule has 26 heavy (non-hydrogen) atoms. The van der Waals surface area contributed by atoms with E-state index in [0.717, 1.165) is 11.4 Å². The van der Waals surface area contributed by atoms with Crippen molar-refractivity contribution in [3.63, 3.8) is 0 Å². The monoisotopic (exact) mass is 344 g/mol. The molecular formula is C20H16N4O2. The molecule has 3 aromatic heterocycles. The van der Waals surface area contributed by atoms with Gasteiger partial charge in [-0.05, 0) is 43.3 Å². The highest BCUT2D eigenvalue weighted by molar-refractivity contribution is 6.07. The lowest BCUT2D eigenvalue weighted by molar-refractivity contribution is 0.102. The van der Waals surface area contributed by atoms with Crippen LogP contribution >= 0.6 is 0 Å². The predicted octanol–water partition coefficient (Wildman–Crippen LogP) is 4.09. The van der Waals surface area contributed by atoms with Gasteiger partial charge in [0, 0.05) is 12.4 Å². The fourth-order valence-electron chi connectivity index (χ4n) is 2.62. The van der Waals surface area contributed by atoms with Gasteiger partial charge in [-0.15, -0.1) is 0 Å². The standard InChI is InChI=1S/C20H16N4O2/c1-14-10-11-17(26-14)19-16(20(25)22-18-9-5-6-12-21-18)13-24(23-19)15-7-3-2-4-8-15/h2-13H,1H3,(H,21,22,25). The normalized spacial score (nSPS) is 10.7. The number of nitrogens with zero attached hydrogens (tertiary/aromatic N) is 3. The zero-order valence-electron chi connectivity index (χ0n) is 14.1. The Morgan fingerprint density at radius 2 is 1.85 bits per heavy atom. The SMILES string of the molecule is Cc1ccc(-c2nn(-c3ccccc3)cc2C(=O)Nc2ccccn2)o1. The molecule has 128 valence electrons. The first-order valence-electron chi connectivity index (χ1n) is 8.15. The molecule has 3 heterocycles. The number of carbonyl (C=O) groups is 1. The van der Waals surface area contributed by atoms with E-state index in [1.54, 1.807) is 29.2 Å². The van der Waals surface area contributed by atoms with Gasteiger partial charge in [0.05, 0.1) is 11.3 Å². The fourth-order valence-corrected chi connectivity index (χ4v) is 2.62. The highest BCUT2D eigenvalue weighted by atomic mass is 16.3. The second-order valence-electron chi connectivity index (χ2n) is 5.75. The number of hydrogen-bond acceptors (Lipinski definition) is 4. The van der Waals surface area contributed by atoms with Gasteiger partial charge in [0.2, 0.25) is 0 Å². The number of aromatic nitrogens is 3. The largest absolute Gasteiger partial charge is 0.460 e. The summed E-state index contributed by atoms with van der Waals surface area (Å²) in [5, 5.41) is 7.36. The summed E-state index contributed by atoms with van der Waals surface area (Å²) < 4.78 is 7.36. The summed E-state index contributed by atoms with van der Waals surface area (Å²) in [7, 11) is 0. The summed E-state index contributed by atoms with van der Waals surface area (Å²) in [6.07, 6.45) is 3.32. The predicted molar refractivity (Wildman–Crippen MR) is 98.2 cm³/mol. The first-order chi connectivity index (χ1) is 12.7. The lowest BCUT2D eigenvalue weighted by Gasteiger charge is -2.03. The lowest BCUT2D eigenvalue weighted by atomic mass is 10.2. The minimum atomic E-state index is -0.296. The van der Waals surface area contributed by atoms with E-state index in [-0.39, 0.29) is 5.91 Å². The van der Waals surface area contributed by atoms with Crippen LogP contribution in [0.5, 0.6) is 0 Å². The Labute approximate surface area is 150 Å². The van der Waals surface area contributed by atoms with Crippen LogP contribution in [0, 0.1) is 6.92 Å². The third-order valence-electron chi connectivity index (χ3n) is 3.86. The van der Waals surface area contributed by atoms with Crippen LogP contribution in [0.2, 0.25) is 0 Å². The number of nitrogens with one attached hydrogen (secondary N) is 1. The van der Waals surface area contributed by atoms with Crippen LogP contribution in [0.4, 0.5) is 5.82 Å². The quantitative estimate of drug-likeness (QED) is 0.605. The molecule has 0 unspecified atom stereocenters. The van der Waals surface area contributed by atoms with Gasteiger partial charge in [-0.2, -0.15) is 5.10 Å². The van der Waals surface area contributed by atoms with Gasteiger partial charge in [-0.25, -0.2) is 9.67 Å². The molecule has 0 atom stereocenters. The summed E-state index contributed by atoms with van der Waals surface area (Å²) in [6.45, 7) is 1.85. The first-order valence-corrected chi connectivity index (χ1v) is 8.15. The van der Waals surface area contributed by atoms with Crippen molar-refractivity contribution in [3.05, 3.63) is 84.4 Å². The lowest BCUT2D eigenvalue weighted by Crippen LogP contribution is -2.13. The molecule has 0 saturated carbocycles. The van der Waals surface area contributed by atoms with Crippen molar-refractivity contribution in [2.75, 3.05) is 5.32 Å². The van der Waals surface area contributed by atoms with Gasteiger partial charge in [-0.3, -0.25) is 4.79 Å². The first kappa shape index (κ1) is 15.8. The highest BCUT2D eigenvalue weighted by Crippen LogP contribution is 2.26. The van der Waals surface area contributed by atoms with Gasteiger partial charge in [0.1, 0.15) is 17.3 Å². The second kappa shape index (κ2) is 6.68. The summed E-state index contributed by atoms with van der Waals surface area (Å²) in [5.74, 6) is 1.48. The van der Waals surface area contributed by atoms with E-state index in [1.807, 2.05) is 55.5 Å². The number of para-hydroxylation sites is 1. The molecular weight excluding hydrogens is 328 g/mol. The van der Waals surface area contributed by atoms with Crippen LogP contribution in [0.15, 0.2) is 77.5 Å². The third kappa shape index (κ3) is 3.12. The molecule has 0 aliphatic carbocycles. The molecule has 0 spiro atoms. The van der Waals surface area contributed by atoms with Crippen molar-refractivity contribution in [1.29, 1.82) is 0 Å². The van der Waals surface area contributed by atoms with Crippen LogP contribution in [0.1, 0.15) is 16.1 Å². The molecule has 0 aliphatic rings. The molecule has 0 saturated heterocycles. The van der Waals surface area contributed by atoms with Crippen LogP contribution in [-0.2, 0) is 0 Å². The maximum Gasteiger partial charge on any atom is 0.260 e. The fraction of sp³-hybridized carbons (Fsp3) is 0.0500. The second-order valence-corrected chi connectivity index (χ2v) is 5.75. The van der Waals surface area contributed by atoms with Gasteiger partial charge >= 0.3 is 0 Å². The Morgan fingerprint density at radius 1 is 1.04 bits per heavy atom. The minimum absolute atomic E-state index is 0.296. The van der Waals surface area contributed by atoms with Crippen molar-refractivity contribution >= 4 is 11.7 Å². The van der Waals surface area contributed by atoms with E-state index < -0.39 is 0 Å². The van der Waals surface area contributed by atoms with Crippen molar-refractivity contribution in [1.82, 2.24) is 14.8 Å². The Balaban J connectivity index is 1.76. The molecule has 6 nitrogen and oxygen atoms in total. The zero-order chi connectivity index (χ0) is 17.9. The van der Waals surface area contributed by atoms with Crippen molar-refractivity contribution in [3.8, 4) is 17.1 Å². The Kier molecular flexibility index (Phi) is 4.07. The van der Waals surface area contributed by atoms with Gasteiger partial charge in [-0.1, -0.05) is 24.3 Å². The van der Waals surface area contributed by atoms with Crippen molar-refractivity contribution < 1.29 is 9.21 Å². The summed E-state index contributed by atoms with van der Waals surface area (Å²) in [4.78, 5) is 16.9. The molecule has 4 aromatic rings. The molecule has 1 N–H and O–H groups in total. The Bertz CT molecular complexity index is 1040. The number of benzene rings is 1. The molecule has 4 rings (SSSR count). The Hall–Kier alpha value is -3.67. The van der Waals surface area contributed by atoms with Crippen LogP contribution in [0.3, 0.4) is 0 Å². The summed E-state index contributed by atoms with van der Waals surface area (Å²) >= 11 is 0. The maximum atomic E-state index is 12.8. The highest BCUT2D eigenvalue weighted by Gasteiger charge is 2.21. The van der Waals surface area contributed by atoms with Crippen LogP contribution in [-0.4, -0.2) is 20.7 Å². The molecule has 0 radical (unpaired) electrons. The van der Waals surface area contributed by atoms with E-state index in [1.165, 1.54) is 0 Å². The zero-order valence-corrected chi connectivity index (χ0v) is 14.1. The number of furan rings is 1. The third-order valence-corrected chi connectivity index (χ3v) is 3.86. The van der Waals surface area contributed by atoms with Gasteiger partial charge in [0.25, 0.3) is 5.91 Å². The number of rotatable bonds is 4. The number of carbonyl (C=O) groups excluding carboxylic acids is 1. The molecule has 0 bridgehead atoms. The van der Waals surface area contributed by atoms with Crippen molar-refractivity contribution in [2.24, 2.45) is 0 Å². The molecule has 6 heteroatoms. The number of amides is 1. The molecule has 1 aromatic carbocycles. The Morgan fingerprint density at radius 3 is 2.54 bits per heavy atom. The van der Waals surface area contributed by atoms with E-state index in [4.69, 9.17) is 4.42 Å².